The van der Waals surface area contributed by atoms with Crippen molar-refractivity contribution in [2.45, 2.75) is 32.7 Å². The number of aromatic nitrogens is 1. The molecule has 0 aliphatic carbocycles. The maximum Gasteiger partial charge on any atom is 0.0489 e. The van der Waals surface area contributed by atoms with Gasteiger partial charge in [-0.25, -0.2) is 0 Å². The topological polar surface area (TPSA) is 39.3 Å². The quantitative estimate of drug-likeness (QED) is 0.898. The third kappa shape index (κ3) is 2.60. The lowest BCUT2D eigenvalue weighted by Crippen LogP contribution is -2.36. The largest absolute Gasteiger partial charge is 0.396 e. The third-order valence-corrected chi connectivity index (χ3v) is 4.52. The molecule has 1 aromatic heterocycles. The minimum atomic E-state index is 0.324. The molecule has 1 unspecified atom stereocenters. The van der Waals surface area contributed by atoms with Crippen LogP contribution in [0.25, 0.3) is 10.9 Å². The van der Waals surface area contributed by atoms with Gasteiger partial charge in [0.1, 0.15) is 0 Å². The lowest BCUT2D eigenvalue weighted by molar-refractivity contribution is 0.116. The standard InChI is InChI=1S/C17H24N2O/c1-2-14-6-3-7-16-15(9-18-17(14)16)11-19-8-4-5-13(10-19)12-20/h3,6-7,9,13,18,20H,2,4-5,8,10-12H2,1H3. The Morgan fingerprint density at radius 2 is 2.25 bits per heavy atom. The average molecular weight is 272 g/mol. The number of nitrogens with one attached hydrogen (secondary N) is 1. The van der Waals surface area contributed by atoms with Crippen LogP contribution in [0.2, 0.25) is 0 Å². The summed E-state index contributed by atoms with van der Waals surface area (Å²) < 4.78 is 0. The number of fused-ring (bicyclic) bond motifs is 1. The number of aliphatic hydroxyl groups excluding tert-OH is 1. The number of rotatable bonds is 4. The van der Waals surface area contributed by atoms with Crippen LogP contribution in [0.1, 0.15) is 30.9 Å². The Morgan fingerprint density at radius 3 is 3.05 bits per heavy atom. The SMILES string of the molecule is CCc1cccc2c(CN3CCCC(CO)C3)c[nH]c12. The molecule has 0 saturated carbocycles. The summed E-state index contributed by atoms with van der Waals surface area (Å²) in [5.74, 6) is 0.458. The highest BCUT2D eigenvalue weighted by Crippen LogP contribution is 2.25. The summed E-state index contributed by atoms with van der Waals surface area (Å²) in [6, 6.07) is 6.57. The van der Waals surface area contributed by atoms with Crippen LogP contribution in [-0.2, 0) is 13.0 Å². The summed E-state index contributed by atoms with van der Waals surface area (Å²) in [5, 5.41) is 10.7. The van der Waals surface area contributed by atoms with Gasteiger partial charge < -0.3 is 10.1 Å². The first kappa shape index (κ1) is 13.7. The van der Waals surface area contributed by atoms with Crippen LogP contribution < -0.4 is 0 Å². The number of aromatic amines is 1. The van der Waals surface area contributed by atoms with Crippen LogP contribution in [-0.4, -0.2) is 34.7 Å². The highest BCUT2D eigenvalue weighted by molar-refractivity contribution is 5.86. The van der Waals surface area contributed by atoms with Gasteiger partial charge in [-0.3, -0.25) is 4.90 Å². The Balaban J connectivity index is 1.81. The van der Waals surface area contributed by atoms with Gasteiger partial charge in [0, 0.05) is 36.8 Å². The molecule has 2 N–H and O–H groups in total. The number of benzene rings is 1. The molecule has 0 bridgehead atoms. The van der Waals surface area contributed by atoms with Crippen molar-refractivity contribution in [1.29, 1.82) is 0 Å². The second-order valence-corrected chi connectivity index (χ2v) is 5.93. The predicted molar refractivity (Wildman–Crippen MR) is 82.8 cm³/mol. The van der Waals surface area contributed by atoms with Gasteiger partial charge in [0.25, 0.3) is 0 Å². The fourth-order valence-electron chi connectivity index (χ4n) is 3.39. The van der Waals surface area contributed by atoms with Gasteiger partial charge in [-0.15, -0.1) is 0 Å². The molecule has 20 heavy (non-hydrogen) atoms. The smallest absolute Gasteiger partial charge is 0.0489 e. The monoisotopic (exact) mass is 272 g/mol. The zero-order valence-corrected chi connectivity index (χ0v) is 12.2. The molecule has 2 heterocycles. The molecule has 1 atom stereocenters. The second-order valence-electron chi connectivity index (χ2n) is 5.93. The molecule has 0 radical (unpaired) electrons. The van der Waals surface area contributed by atoms with Crippen LogP contribution in [0.5, 0.6) is 0 Å². The Kier molecular flexibility index (Phi) is 4.08. The van der Waals surface area contributed by atoms with Gasteiger partial charge in [0.05, 0.1) is 0 Å². The molecular formula is C17H24N2O. The molecule has 1 aliphatic heterocycles. The number of nitrogens with zero attached hydrogens (tertiary/aromatic N) is 1. The molecule has 1 aromatic carbocycles. The molecule has 3 nitrogen and oxygen atoms in total. The third-order valence-electron chi connectivity index (χ3n) is 4.52. The molecule has 1 saturated heterocycles. The molecule has 1 fully saturated rings. The molecule has 0 amide bonds. The van der Waals surface area contributed by atoms with Crippen molar-refractivity contribution in [3.8, 4) is 0 Å². The summed E-state index contributed by atoms with van der Waals surface area (Å²) in [6.45, 7) is 5.69. The van der Waals surface area contributed by atoms with E-state index >= 15 is 0 Å². The van der Waals surface area contributed by atoms with Crippen molar-refractivity contribution in [2.75, 3.05) is 19.7 Å². The summed E-state index contributed by atoms with van der Waals surface area (Å²) in [4.78, 5) is 5.92. The zero-order valence-electron chi connectivity index (χ0n) is 12.2. The minimum absolute atomic E-state index is 0.324. The number of likely N-dealkylation sites (tertiary alicyclic amines) is 1. The predicted octanol–water partition coefficient (Wildman–Crippen LogP) is 2.93. The van der Waals surface area contributed by atoms with E-state index in [0.29, 0.717) is 12.5 Å². The lowest BCUT2D eigenvalue weighted by atomic mass is 9.98. The van der Waals surface area contributed by atoms with E-state index in [2.05, 4.69) is 41.2 Å². The lowest BCUT2D eigenvalue weighted by Gasteiger charge is -2.31. The van der Waals surface area contributed by atoms with Gasteiger partial charge >= 0.3 is 0 Å². The number of piperidine rings is 1. The normalized spacial score (nSPS) is 20.6. The summed E-state index contributed by atoms with van der Waals surface area (Å²) in [7, 11) is 0. The zero-order chi connectivity index (χ0) is 13.9. The highest BCUT2D eigenvalue weighted by Gasteiger charge is 2.20. The number of para-hydroxylation sites is 1. The highest BCUT2D eigenvalue weighted by atomic mass is 16.3. The van der Waals surface area contributed by atoms with E-state index in [0.717, 1.165) is 26.1 Å². The van der Waals surface area contributed by atoms with E-state index in [1.807, 2.05) is 0 Å². The first-order valence-corrected chi connectivity index (χ1v) is 7.73. The number of hydrogen-bond acceptors (Lipinski definition) is 2. The fourth-order valence-corrected chi connectivity index (χ4v) is 3.39. The first-order chi connectivity index (χ1) is 9.81. The number of hydrogen-bond donors (Lipinski definition) is 2. The number of aliphatic hydroxyl groups is 1. The van der Waals surface area contributed by atoms with E-state index < -0.39 is 0 Å². The molecule has 0 spiro atoms. The maximum atomic E-state index is 9.34. The Bertz CT molecular complexity index is 575. The summed E-state index contributed by atoms with van der Waals surface area (Å²) in [6.07, 6.45) is 5.59. The van der Waals surface area contributed by atoms with Gasteiger partial charge in [-0.2, -0.15) is 0 Å². The number of H-pyrrole nitrogens is 1. The molecular weight excluding hydrogens is 248 g/mol. The second kappa shape index (κ2) is 5.98. The summed E-state index contributed by atoms with van der Waals surface area (Å²) in [5.41, 5.74) is 4.07. The van der Waals surface area contributed by atoms with Gasteiger partial charge in [0.2, 0.25) is 0 Å². The van der Waals surface area contributed by atoms with Crippen molar-refractivity contribution in [1.82, 2.24) is 9.88 Å². The Labute approximate surface area is 120 Å². The Morgan fingerprint density at radius 1 is 1.35 bits per heavy atom. The summed E-state index contributed by atoms with van der Waals surface area (Å²) >= 11 is 0. The van der Waals surface area contributed by atoms with Crippen molar-refractivity contribution in [3.05, 3.63) is 35.5 Å². The molecule has 1 aliphatic rings. The molecule has 108 valence electrons. The van der Waals surface area contributed by atoms with E-state index in [4.69, 9.17) is 0 Å². The van der Waals surface area contributed by atoms with Crippen molar-refractivity contribution < 1.29 is 5.11 Å². The minimum Gasteiger partial charge on any atom is -0.396 e. The van der Waals surface area contributed by atoms with E-state index in [-0.39, 0.29) is 0 Å². The van der Waals surface area contributed by atoms with Crippen LogP contribution in [0.4, 0.5) is 0 Å². The van der Waals surface area contributed by atoms with Crippen LogP contribution in [0, 0.1) is 5.92 Å². The van der Waals surface area contributed by atoms with Crippen molar-refractivity contribution >= 4 is 10.9 Å². The average Bonchev–Trinajstić information content (AvgIpc) is 2.90. The first-order valence-electron chi connectivity index (χ1n) is 7.73. The van der Waals surface area contributed by atoms with Gasteiger partial charge in [-0.1, -0.05) is 25.1 Å². The fraction of sp³-hybridized carbons (Fsp3) is 0.529. The van der Waals surface area contributed by atoms with Gasteiger partial charge in [0.15, 0.2) is 0 Å². The van der Waals surface area contributed by atoms with E-state index in [9.17, 15) is 5.11 Å². The molecule has 3 heteroatoms. The van der Waals surface area contributed by atoms with Gasteiger partial charge in [-0.05, 0) is 42.9 Å². The van der Waals surface area contributed by atoms with Crippen LogP contribution >= 0.6 is 0 Å². The molecule has 3 rings (SSSR count). The number of aryl methyl sites for hydroxylation is 1. The van der Waals surface area contributed by atoms with Crippen LogP contribution in [0.15, 0.2) is 24.4 Å². The van der Waals surface area contributed by atoms with E-state index in [1.165, 1.54) is 34.9 Å². The van der Waals surface area contributed by atoms with Crippen LogP contribution in [0.3, 0.4) is 0 Å². The van der Waals surface area contributed by atoms with Crippen molar-refractivity contribution in [2.24, 2.45) is 5.92 Å². The molecule has 2 aromatic rings. The van der Waals surface area contributed by atoms with Crippen molar-refractivity contribution in [3.63, 3.8) is 0 Å². The Hall–Kier alpha value is -1.32. The maximum absolute atomic E-state index is 9.34. The van der Waals surface area contributed by atoms with E-state index in [1.54, 1.807) is 0 Å².